The highest BCUT2D eigenvalue weighted by molar-refractivity contribution is 6.37. The first kappa shape index (κ1) is 20.6. The molecule has 150 valence electrons. The van der Waals surface area contributed by atoms with Gasteiger partial charge in [0.2, 0.25) is 5.82 Å². The van der Waals surface area contributed by atoms with E-state index < -0.39 is 11.8 Å². The molecular weight excluding hydrogens is 417 g/mol. The predicted molar refractivity (Wildman–Crippen MR) is 110 cm³/mol. The number of carbonyl (C=O) groups is 2. The summed E-state index contributed by atoms with van der Waals surface area (Å²) >= 11 is 12.5. The number of ether oxygens (including phenoxy) is 1. The number of amides is 2. The van der Waals surface area contributed by atoms with Gasteiger partial charge in [0.05, 0.1) is 10.0 Å². The van der Waals surface area contributed by atoms with Crippen LogP contribution in [0.5, 0.6) is 5.75 Å². The van der Waals surface area contributed by atoms with Gasteiger partial charge in [0.25, 0.3) is 11.8 Å². The van der Waals surface area contributed by atoms with Crippen LogP contribution in [-0.2, 0) is 11.2 Å². The van der Waals surface area contributed by atoms with Crippen LogP contribution in [0.2, 0.25) is 10.0 Å². The molecule has 1 heterocycles. The molecule has 29 heavy (non-hydrogen) atoms. The molecular formula is C19H17Cl2N5O3. The van der Waals surface area contributed by atoms with Crippen molar-refractivity contribution in [1.29, 1.82) is 0 Å². The van der Waals surface area contributed by atoms with Crippen molar-refractivity contribution in [3.63, 3.8) is 0 Å². The quantitative estimate of drug-likeness (QED) is 0.593. The van der Waals surface area contributed by atoms with E-state index in [0.717, 1.165) is 0 Å². The molecule has 0 aliphatic rings. The second-order valence-corrected chi connectivity index (χ2v) is 6.74. The standard InChI is InChI=1S/C19H17Cl2N5O3/c1-2-16-24-18(25-26(16)17-13(20)4-3-5-14(17)21)19(28)23-11-6-8-12(9-7-11)29-10-15(22)27/h3-9H,2,10H2,1H3,(H2,22,27)(H,23,28). The maximum Gasteiger partial charge on any atom is 0.295 e. The molecule has 0 saturated heterocycles. The highest BCUT2D eigenvalue weighted by atomic mass is 35.5. The lowest BCUT2D eigenvalue weighted by molar-refractivity contribution is -0.119. The van der Waals surface area contributed by atoms with Gasteiger partial charge in [-0.3, -0.25) is 9.59 Å². The number of nitrogens with zero attached hydrogens (tertiary/aromatic N) is 3. The number of nitrogens with two attached hydrogens (primary N) is 1. The number of primary amides is 1. The number of benzene rings is 2. The first-order valence-corrected chi connectivity index (χ1v) is 9.37. The van der Waals surface area contributed by atoms with Crippen LogP contribution in [0.4, 0.5) is 5.69 Å². The van der Waals surface area contributed by atoms with Crippen molar-refractivity contribution in [1.82, 2.24) is 14.8 Å². The minimum Gasteiger partial charge on any atom is -0.484 e. The zero-order valence-corrected chi connectivity index (χ0v) is 16.9. The number of anilines is 1. The third kappa shape index (κ3) is 4.85. The van der Waals surface area contributed by atoms with Crippen molar-refractivity contribution in [2.24, 2.45) is 5.73 Å². The fourth-order valence-corrected chi connectivity index (χ4v) is 3.07. The van der Waals surface area contributed by atoms with Crippen molar-refractivity contribution in [3.05, 3.63) is 64.2 Å². The summed E-state index contributed by atoms with van der Waals surface area (Å²) in [5.74, 6) is -0.0973. The smallest absolute Gasteiger partial charge is 0.295 e. The predicted octanol–water partition coefficient (Wildman–Crippen LogP) is 3.25. The summed E-state index contributed by atoms with van der Waals surface area (Å²) < 4.78 is 6.65. The van der Waals surface area contributed by atoms with Crippen LogP contribution in [0.3, 0.4) is 0 Å². The highest BCUT2D eigenvalue weighted by Crippen LogP contribution is 2.29. The summed E-state index contributed by atoms with van der Waals surface area (Å²) in [5.41, 5.74) is 6.01. The molecule has 3 aromatic rings. The molecule has 0 spiro atoms. The van der Waals surface area contributed by atoms with Gasteiger partial charge in [0.15, 0.2) is 6.61 Å². The Bertz CT molecular complexity index is 1030. The van der Waals surface area contributed by atoms with E-state index in [1.807, 2.05) is 6.92 Å². The number of rotatable bonds is 7. The van der Waals surface area contributed by atoms with E-state index in [-0.39, 0.29) is 12.4 Å². The van der Waals surface area contributed by atoms with Gasteiger partial charge < -0.3 is 15.8 Å². The molecule has 10 heteroatoms. The average Bonchev–Trinajstić information content (AvgIpc) is 3.11. The van der Waals surface area contributed by atoms with Gasteiger partial charge in [-0.15, -0.1) is 5.10 Å². The summed E-state index contributed by atoms with van der Waals surface area (Å²) in [6.07, 6.45) is 0.522. The lowest BCUT2D eigenvalue weighted by Crippen LogP contribution is -2.20. The van der Waals surface area contributed by atoms with Crippen LogP contribution >= 0.6 is 23.2 Å². The molecule has 3 rings (SSSR count). The fourth-order valence-electron chi connectivity index (χ4n) is 2.52. The number of hydrogen-bond donors (Lipinski definition) is 2. The summed E-state index contributed by atoms with van der Waals surface area (Å²) in [5, 5.41) is 7.79. The number of hydrogen-bond acceptors (Lipinski definition) is 5. The Morgan fingerprint density at radius 1 is 1.14 bits per heavy atom. The minimum absolute atomic E-state index is 0.0214. The van der Waals surface area contributed by atoms with Crippen molar-refractivity contribution >= 4 is 40.7 Å². The van der Waals surface area contributed by atoms with Gasteiger partial charge >= 0.3 is 0 Å². The molecule has 0 aliphatic carbocycles. The van der Waals surface area contributed by atoms with Gasteiger partial charge in [-0.05, 0) is 36.4 Å². The van der Waals surface area contributed by atoms with Gasteiger partial charge in [0, 0.05) is 12.1 Å². The number of aromatic nitrogens is 3. The molecule has 0 aliphatic heterocycles. The molecule has 2 aromatic carbocycles. The van der Waals surface area contributed by atoms with Gasteiger partial charge in [0.1, 0.15) is 17.3 Å². The Balaban J connectivity index is 1.80. The van der Waals surface area contributed by atoms with Crippen LogP contribution in [0, 0.1) is 0 Å². The number of halogens is 2. The highest BCUT2D eigenvalue weighted by Gasteiger charge is 2.19. The van der Waals surface area contributed by atoms with Gasteiger partial charge in [-0.2, -0.15) is 0 Å². The topological polar surface area (TPSA) is 112 Å². The molecule has 0 unspecified atom stereocenters. The summed E-state index contributed by atoms with van der Waals surface area (Å²) in [4.78, 5) is 27.6. The molecule has 0 radical (unpaired) electrons. The first-order valence-electron chi connectivity index (χ1n) is 8.62. The van der Waals surface area contributed by atoms with Crippen LogP contribution in [0.25, 0.3) is 5.69 Å². The summed E-state index contributed by atoms with van der Waals surface area (Å²) in [7, 11) is 0. The maximum absolute atomic E-state index is 12.6. The molecule has 0 atom stereocenters. The Morgan fingerprint density at radius 2 is 1.79 bits per heavy atom. The lowest BCUT2D eigenvalue weighted by Gasteiger charge is -2.08. The zero-order chi connectivity index (χ0) is 21.0. The van der Waals surface area contributed by atoms with Crippen molar-refractivity contribution < 1.29 is 14.3 Å². The van der Waals surface area contributed by atoms with Crippen molar-refractivity contribution in [3.8, 4) is 11.4 Å². The second-order valence-electron chi connectivity index (χ2n) is 5.92. The summed E-state index contributed by atoms with van der Waals surface area (Å²) in [6, 6.07) is 11.5. The van der Waals surface area contributed by atoms with E-state index in [1.165, 1.54) is 4.68 Å². The molecule has 0 bridgehead atoms. The van der Waals surface area contributed by atoms with Gasteiger partial charge in [-0.1, -0.05) is 36.2 Å². The molecule has 0 fully saturated rings. The van der Waals surface area contributed by atoms with Crippen LogP contribution < -0.4 is 15.8 Å². The minimum atomic E-state index is -0.575. The molecule has 3 N–H and O–H groups in total. The van der Waals surface area contributed by atoms with Crippen molar-refractivity contribution in [2.75, 3.05) is 11.9 Å². The number of carbonyl (C=O) groups excluding carboxylic acids is 2. The van der Waals surface area contributed by atoms with E-state index in [4.69, 9.17) is 33.7 Å². The Hall–Kier alpha value is -3.10. The van der Waals surface area contributed by atoms with E-state index in [9.17, 15) is 9.59 Å². The number of para-hydroxylation sites is 1. The number of aryl methyl sites for hydroxylation is 1. The molecule has 8 nitrogen and oxygen atoms in total. The fraction of sp³-hybridized carbons (Fsp3) is 0.158. The third-order valence-corrected chi connectivity index (χ3v) is 4.45. The lowest BCUT2D eigenvalue weighted by atomic mass is 10.3. The van der Waals surface area contributed by atoms with E-state index in [0.29, 0.717) is 39.4 Å². The summed E-state index contributed by atoms with van der Waals surface area (Å²) in [6.45, 7) is 1.66. The second kappa shape index (κ2) is 8.93. The Labute approximate surface area is 176 Å². The zero-order valence-electron chi connectivity index (χ0n) is 15.4. The van der Waals surface area contributed by atoms with E-state index in [1.54, 1.807) is 42.5 Å². The molecule has 0 saturated carbocycles. The first-order chi connectivity index (χ1) is 13.9. The van der Waals surface area contributed by atoms with E-state index in [2.05, 4.69) is 15.4 Å². The van der Waals surface area contributed by atoms with Crippen LogP contribution in [0.15, 0.2) is 42.5 Å². The van der Waals surface area contributed by atoms with Crippen molar-refractivity contribution in [2.45, 2.75) is 13.3 Å². The largest absolute Gasteiger partial charge is 0.484 e. The Kier molecular flexibility index (Phi) is 6.36. The van der Waals surface area contributed by atoms with Crippen LogP contribution in [0.1, 0.15) is 23.4 Å². The molecule has 1 aromatic heterocycles. The molecule has 2 amide bonds. The average molecular weight is 434 g/mol. The maximum atomic E-state index is 12.6. The van der Waals surface area contributed by atoms with E-state index >= 15 is 0 Å². The van der Waals surface area contributed by atoms with Gasteiger partial charge in [-0.25, -0.2) is 9.67 Å². The van der Waals surface area contributed by atoms with Crippen LogP contribution in [-0.4, -0.2) is 33.2 Å². The number of nitrogens with one attached hydrogen (secondary N) is 1. The monoisotopic (exact) mass is 433 g/mol. The third-order valence-electron chi connectivity index (χ3n) is 3.84. The Morgan fingerprint density at radius 3 is 2.38 bits per heavy atom. The SMILES string of the molecule is CCc1nc(C(=O)Nc2ccc(OCC(N)=O)cc2)nn1-c1c(Cl)cccc1Cl. The normalized spacial score (nSPS) is 10.6.